The van der Waals surface area contributed by atoms with Crippen LogP contribution in [0.2, 0.25) is 0 Å². The van der Waals surface area contributed by atoms with Gasteiger partial charge < -0.3 is 10.4 Å². The number of nitrogens with one attached hydrogen (secondary N) is 1. The summed E-state index contributed by atoms with van der Waals surface area (Å²) in [7, 11) is 0. The number of nitrogens with zero attached hydrogens (tertiary/aromatic N) is 2. The summed E-state index contributed by atoms with van der Waals surface area (Å²) < 4.78 is 1.53. The zero-order chi connectivity index (χ0) is 12.4. The Morgan fingerprint density at radius 3 is 3.12 bits per heavy atom. The highest BCUT2D eigenvalue weighted by atomic mass is 32.1. The van der Waals surface area contributed by atoms with Crippen molar-refractivity contribution in [3.8, 4) is 0 Å². The first kappa shape index (κ1) is 11.7. The Morgan fingerprint density at radius 2 is 2.41 bits per heavy atom. The molecule has 2 N–H and O–H groups in total. The number of carboxylic acid groups (broad SMARTS) is 1. The molecule has 2 aromatic rings. The molecule has 0 amide bonds. The summed E-state index contributed by atoms with van der Waals surface area (Å²) in [5, 5.41) is 13.0. The number of aryl methyl sites for hydroxylation is 1. The first-order valence-electron chi connectivity index (χ1n) is 4.97. The third-order valence-corrected chi connectivity index (χ3v) is 3.15. The third kappa shape index (κ3) is 2.51. The Morgan fingerprint density at radius 1 is 1.65 bits per heavy atom. The smallest absolute Gasteiger partial charge is 0.317 e. The van der Waals surface area contributed by atoms with E-state index in [1.54, 1.807) is 0 Å². The second-order valence-corrected chi connectivity index (χ2v) is 4.41. The first-order valence-corrected chi connectivity index (χ1v) is 5.85. The summed E-state index contributed by atoms with van der Waals surface area (Å²) in [5.41, 5.74) is 1.27. The Balaban J connectivity index is 2.25. The lowest BCUT2D eigenvalue weighted by Crippen LogP contribution is -2.24. The van der Waals surface area contributed by atoms with E-state index in [1.165, 1.54) is 21.8 Å². The van der Waals surface area contributed by atoms with Crippen LogP contribution in [-0.2, 0) is 11.3 Å². The van der Waals surface area contributed by atoms with Crippen LogP contribution in [0.25, 0.3) is 4.96 Å². The van der Waals surface area contributed by atoms with Crippen molar-refractivity contribution >= 4 is 22.3 Å². The summed E-state index contributed by atoms with van der Waals surface area (Å²) in [4.78, 5) is 27.0. The van der Waals surface area contributed by atoms with Crippen molar-refractivity contribution in [3.05, 3.63) is 33.2 Å². The highest BCUT2D eigenvalue weighted by Gasteiger charge is 2.06. The summed E-state index contributed by atoms with van der Waals surface area (Å²) >= 11 is 1.39. The summed E-state index contributed by atoms with van der Waals surface area (Å²) in [6, 6.07) is 1.42. The molecule has 0 aliphatic heterocycles. The summed E-state index contributed by atoms with van der Waals surface area (Å²) in [6.45, 7) is 1.97. The van der Waals surface area contributed by atoms with Crippen LogP contribution >= 0.6 is 11.3 Å². The van der Waals surface area contributed by atoms with Crippen LogP contribution in [0.4, 0.5) is 0 Å². The zero-order valence-corrected chi connectivity index (χ0v) is 9.95. The fourth-order valence-corrected chi connectivity index (χ4v) is 2.38. The van der Waals surface area contributed by atoms with Gasteiger partial charge in [0.05, 0.1) is 12.2 Å². The number of fused-ring (bicyclic) bond motifs is 1. The van der Waals surface area contributed by atoms with E-state index in [0.29, 0.717) is 10.7 Å². The van der Waals surface area contributed by atoms with Crippen molar-refractivity contribution in [2.24, 2.45) is 0 Å². The van der Waals surface area contributed by atoms with E-state index in [-0.39, 0.29) is 18.6 Å². The van der Waals surface area contributed by atoms with Crippen molar-refractivity contribution in [2.45, 2.75) is 13.5 Å². The predicted molar refractivity (Wildman–Crippen MR) is 63.4 cm³/mol. The molecule has 0 radical (unpaired) electrons. The number of rotatable bonds is 4. The van der Waals surface area contributed by atoms with Gasteiger partial charge in [-0.15, -0.1) is 11.3 Å². The lowest BCUT2D eigenvalue weighted by molar-refractivity contribution is -0.135. The number of aliphatic carboxylic acids is 1. The normalized spacial score (nSPS) is 10.9. The maximum absolute atomic E-state index is 11.8. The maximum atomic E-state index is 11.8. The van der Waals surface area contributed by atoms with Gasteiger partial charge in [-0.25, -0.2) is 4.98 Å². The van der Waals surface area contributed by atoms with Crippen LogP contribution in [0.1, 0.15) is 11.4 Å². The molecule has 90 valence electrons. The largest absolute Gasteiger partial charge is 0.480 e. The lowest BCUT2D eigenvalue weighted by atomic mass is 10.4. The Bertz CT molecular complexity index is 617. The van der Waals surface area contributed by atoms with Gasteiger partial charge in [0.1, 0.15) is 0 Å². The molecule has 0 aromatic carbocycles. The number of thiazole rings is 1. The second-order valence-electron chi connectivity index (χ2n) is 3.58. The Hall–Kier alpha value is -1.73. The van der Waals surface area contributed by atoms with Crippen molar-refractivity contribution in [1.82, 2.24) is 14.7 Å². The molecule has 0 fully saturated rings. The van der Waals surface area contributed by atoms with Gasteiger partial charge in [0, 0.05) is 23.7 Å². The van der Waals surface area contributed by atoms with Crippen molar-refractivity contribution in [2.75, 3.05) is 6.54 Å². The van der Waals surface area contributed by atoms with Crippen molar-refractivity contribution < 1.29 is 9.90 Å². The molecular weight excluding hydrogens is 242 g/mol. The summed E-state index contributed by atoms with van der Waals surface area (Å²) in [6.07, 6.45) is 0. The molecule has 17 heavy (non-hydrogen) atoms. The molecule has 0 spiro atoms. The van der Waals surface area contributed by atoms with Crippen LogP contribution in [-0.4, -0.2) is 27.0 Å². The number of hydrogen-bond donors (Lipinski definition) is 2. The fraction of sp³-hybridized carbons (Fsp3) is 0.300. The molecule has 6 nitrogen and oxygen atoms in total. The van der Waals surface area contributed by atoms with Crippen LogP contribution in [0.15, 0.2) is 16.2 Å². The minimum atomic E-state index is -0.935. The topological polar surface area (TPSA) is 83.7 Å². The van der Waals surface area contributed by atoms with Crippen LogP contribution in [0.5, 0.6) is 0 Å². The Kier molecular flexibility index (Phi) is 3.21. The van der Waals surface area contributed by atoms with Crippen molar-refractivity contribution in [1.29, 1.82) is 0 Å². The summed E-state index contributed by atoms with van der Waals surface area (Å²) in [5.74, 6) is -0.935. The molecule has 7 heteroatoms. The minimum Gasteiger partial charge on any atom is -0.480 e. The fourth-order valence-electron chi connectivity index (χ4n) is 1.49. The molecule has 0 saturated heterocycles. The third-order valence-electron chi connectivity index (χ3n) is 2.21. The number of aromatic nitrogens is 2. The van der Waals surface area contributed by atoms with Gasteiger partial charge >= 0.3 is 5.97 Å². The van der Waals surface area contributed by atoms with E-state index in [0.717, 1.165) is 5.69 Å². The van der Waals surface area contributed by atoms with Crippen LogP contribution in [0.3, 0.4) is 0 Å². The number of carbonyl (C=O) groups is 1. The van der Waals surface area contributed by atoms with E-state index in [9.17, 15) is 9.59 Å². The highest BCUT2D eigenvalue weighted by Crippen LogP contribution is 2.11. The quantitative estimate of drug-likeness (QED) is 0.815. The molecule has 0 unspecified atom stereocenters. The molecule has 0 aliphatic rings. The van der Waals surface area contributed by atoms with Crippen LogP contribution < -0.4 is 10.9 Å². The monoisotopic (exact) mass is 253 g/mol. The van der Waals surface area contributed by atoms with E-state index in [1.807, 2.05) is 12.3 Å². The van der Waals surface area contributed by atoms with Gasteiger partial charge in [-0.05, 0) is 6.92 Å². The molecule has 0 bridgehead atoms. The van der Waals surface area contributed by atoms with Gasteiger partial charge in [-0.1, -0.05) is 0 Å². The molecule has 2 rings (SSSR count). The zero-order valence-electron chi connectivity index (χ0n) is 9.14. The SMILES string of the molecule is Cc1csc2nc(CNCC(=O)O)cc(=O)n12. The second kappa shape index (κ2) is 4.64. The average molecular weight is 253 g/mol. The highest BCUT2D eigenvalue weighted by molar-refractivity contribution is 7.15. The number of hydrogen-bond acceptors (Lipinski definition) is 5. The average Bonchev–Trinajstić information content (AvgIpc) is 2.60. The maximum Gasteiger partial charge on any atom is 0.317 e. The molecule has 0 atom stereocenters. The van der Waals surface area contributed by atoms with E-state index in [4.69, 9.17) is 5.11 Å². The first-order chi connectivity index (χ1) is 8.08. The van der Waals surface area contributed by atoms with Crippen molar-refractivity contribution in [3.63, 3.8) is 0 Å². The predicted octanol–water partition coefficient (Wildman–Crippen LogP) is 0.239. The molecule has 0 saturated carbocycles. The molecule has 2 aromatic heterocycles. The molecular formula is C10H11N3O3S. The minimum absolute atomic E-state index is 0.138. The van der Waals surface area contributed by atoms with Gasteiger partial charge in [-0.3, -0.25) is 14.0 Å². The van der Waals surface area contributed by atoms with E-state index < -0.39 is 5.97 Å². The lowest BCUT2D eigenvalue weighted by Gasteiger charge is -2.02. The molecule has 0 aliphatic carbocycles. The molecule has 2 heterocycles. The van der Waals surface area contributed by atoms with Gasteiger partial charge in [-0.2, -0.15) is 0 Å². The van der Waals surface area contributed by atoms with Gasteiger partial charge in [0.25, 0.3) is 5.56 Å². The standard InChI is InChI=1S/C10H11N3O3S/c1-6-5-17-10-12-7(2-8(14)13(6)10)3-11-4-9(15)16/h2,5,11H,3-4H2,1H3,(H,15,16). The van der Waals surface area contributed by atoms with Gasteiger partial charge in [0.2, 0.25) is 0 Å². The Labute approximate surface area is 101 Å². The van der Waals surface area contributed by atoms with Crippen LogP contribution in [0, 0.1) is 6.92 Å². The van der Waals surface area contributed by atoms with E-state index in [2.05, 4.69) is 10.3 Å². The number of carboxylic acids is 1. The van der Waals surface area contributed by atoms with E-state index >= 15 is 0 Å². The van der Waals surface area contributed by atoms with Gasteiger partial charge in [0.15, 0.2) is 4.96 Å².